The Bertz CT molecular complexity index is 239. The lowest BCUT2D eigenvalue weighted by Gasteiger charge is -2.18. The third-order valence-electron chi connectivity index (χ3n) is 1.10. The Labute approximate surface area is 89.0 Å². The molecule has 86 valence electrons. The van der Waals surface area contributed by atoms with E-state index in [4.69, 9.17) is 4.74 Å². The average molecular weight is 216 g/mol. The van der Waals surface area contributed by atoms with Crippen LogP contribution in [-0.4, -0.2) is 30.9 Å². The molecule has 0 aliphatic carbocycles. The van der Waals surface area contributed by atoms with E-state index in [0.29, 0.717) is 0 Å². The largest absolute Gasteiger partial charge is 0.508 e. The van der Waals surface area contributed by atoms with Crippen molar-refractivity contribution in [2.45, 2.75) is 26.4 Å². The Morgan fingerprint density at radius 2 is 1.73 bits per heavy atom. The molecule has 0 fully saturated rings. The van der Waals surface area contributed by atoms with Crippen LogP contribution in [0.4, 0.5) is 4.79 Å². The minimum atomic E-state index is -0.780. The maximum absolute atomic E-state index is 11.0. The molecule has 0 radical (unpaired) electrons. The van der Waals surface area contributed by atoms with Crippen LogP contribution < -0.4 is 0 Å². The highest BCUT2D eigenvalue weighted by atomic mass is 16.7. The van der Waals surface area contributed by atoms with Crippen molar-refractivity contribution in [2.24, 2.45) is 0 Å². The van der Waals surface area contributed by atoms with Crippen molar-refractivity contribution in [3.05, 3.63) is 12.7 Å². The van der Waals surface area contributed by atoms with Crippen LogP contribution in [0.15, 0.2) is 12.7 Å². The second-order valence-electron chi connectivity index (χ2n) is 3.68. The minimum Gasteiger partial charge on any atom is -0.459 e. The van der Waals surface area contributed by atoms with Crippen LogP contribution in [-0.2, 0) is 19.0 Å². The highest BCUT2D eigenvalue weighted by molar-refractivity contribution is 5.81. The smallest absolute Gasteiger partial charge is 0.459 e. The molecule has 0 aromatic carbocycles. The number of esters is 1. The summed E-state index contributed by atoms with van der Waals surface area (Å²) in [6, 6.07) is 0. The van der Waals surface area contributed by atoms with E-state index in [1.807, 2.05) is 0 Å². The van der Waals surface area contributed by atoms with Crippen molar-refractivity contribution in [3.63, 3.8) is 0 Å². The van der Waals surface area contributed by atoms with Gasteiger partial charge < -0.3 is 14.2 Å². The molecule has 0 aromatic rings. The standard InChI is InChI=1S/C10H16O5/c1-5-8(11)13-6-7-14-9(12)15-10(2,3)4/h5H,1,6-7H2,2-4H3. The number of hydrogen-bond donors (Lipinski definition) is 0. The monoisotopic (exact) mass is 216 g/mol. The van der Waals surface area contributed by atoms with Gasteiger partial charge in [-0.25, -0.2) is 9.59 Å². The van der Waals surface area contributed by atoms with Crippen LogP contribution in [0.25, 0.3) is 0 Å². The summed E-state index contributed by atoms with van der Waals surface area (Å²) >= 11 is 0. The third-order valence-corrected chi connectivity index (χ3v) is 1.10. The molecule has 5 heteroatoms. The van der Waals surface area contributed by atoms with Crippen LogP contribution in [0, 0.1) is 0 Å². The van der Waals surface area contributed by atoms with Gasteiger partial charge in [-0.15, -0.1) is 0 Å². The lowest BCUT2D eigenvalue weighted by molar-refractivity contribution is -0.139. The molecule has 15 heavy (non-hydrogen) atoms. The second kappa shape index (κ2) is 6.06. The number of ether oxygens (including phenoxy) is 3. The first-order valence-corrected chi connectivity index (χ1v) is 4.50. The van der Waals surface area contributed by atoms with E-state index in [1.165, 1.54) is 0 Å². The van der Waals surface area contributed by atoms with Crippen LogP contribution in [0.3, 0.4) is 0 Å². The average Bonchev–Trinajstić information content (AvgIpc) is 2.09. The van der Waals surface area contributed by atoms with Crippen LogP contribution in [0.1, 0.15) is 20.8 Å². The Kier molecular flexibility index (Phi) is 5.44. The highest BCUT2D eigenvalue weighted by Gasteiger charge is 2.17. The van der Waals surface area contributed by atoms with Gasteiger partial charge in [-0.05, 0) is 20.8 Å². The number of hydrogen-bond acceptors (Lipinski definition) is 5. The normalized spacial score (nSPS) is 10.3. The first-order chi connectivity index (χ1) is 6.85. The first-order valence-electron chi connectivity index (χ1n) is 4.50. The summed E-state index contributed by atoms with van der Waals surface area (Å²) in [6.45, 7) is 8.36. The molecule has 0 aliphatic heterocycles. The zero-order valence-corrected chi connectivity index (χ0v) is 9.24. The van der Waals surface area contributed by atoms with Gasteiger partial charge in [0.25, 0.3) is 0 Å². The molecule has 0 spiro atoms. The molecule has 0 rings (SSSR count). The van der Waals surface area contributed by atoms with Gasteiger partial charge in [-0.1, -0.05) is 6.58 Å². The summed E-state index contributed by atoms with van der Waals surface area (Å²) in [6.07, 6.45) is 0.255. The molecule has 0 bridgehead atoms. The number of carbonyl (C=O) groups is 2. The summed E-state index contributed by atoms with van der Waals surface area (Å²) in [5.41, 5.74) is -0.588. The number of rotatable bonds is 4. The Morgan fingerprint density at radius 3 is 2.20 bits per heavy atom. The Hall–Kier alpha value is -1.52. The van der Waals surface area contributed by atoms with Crippen molar-refractivity contribution >= 4 is 12.1 Å². The van der Waals surface area contributed by atoms with Crippen LogP contribution in [0.2, 0.25) is 0 Å². The van der Waals surface area contributed by atoms with Crippen molar-refractivity contribution in [3.8, 4) is 0 Å². The Balaban J connectivity index is 3.56. The predicted molar refractivity (Wildman–Crippen MR) is 53.3 cm³/mol. The fraction of sp³-hybridized carbons (Fsp3) is 0.600. The van der Waals surface area contributed by atoms with Gasteiger partial charge in [-0.2, -0.15) is 0 Å². The SMILES string of the molecule is C=CC(=O)OCCOC(=O)OC(C)(C)C. The van der Waals surface area contributed by atoms with E-state index < -0.39 is 17.7 Å². The quantitative estimate of drug-likeness (QED) is 0.406. The third kappa shape index (κ3) is 8.80. The van der Waals surface area contributed by atoms with Crippen molar-refractivity contribution in [1.29, 1.82) is 0 Å². The Morgan fingerprint density at radius 1 is 1.20 bits per heavy atom. The van der Waals surface area contributed by atoms with Gasteiger partial charge in [-0.3, -0.25) is 0 Å². The summed E-state index contributed by atoms with van der Waals surface area (Å²) in [4.78, 5) is 21.5. The van der Waals surface area contributed by atoms with Gasteiger partial charge in [0.05, 0.1) is 0 Å². The molecule has 0 saturated heterocycles. The second-order valence-corrected chi connectivity index (χ2v) is 3.68. The van der Waals surface area contributed by atoms with Gasteiger partial charge in [0, 0.05) is 6.08 Å². The van der Waals surface area contributed by atoms with Crippen LogP contribution >= 0.6 is 0 Å². The summed E-state index contributed by atoms with van der Waals surface area (Å²) in [5.74, 6) is -0.553. The van der Waals surface area contributed by atoms with Gasteiger partial charge in [0.15, 0.2) is 0 Å². The lowest BCUT2D eigenvalue weighted by atomic mass is 10.2. The molecule has 0 aromatic heterocycles. The van der Waals surface area contributed by atoms with Gasteiger partial charge >= 0.3 is 12.1 Å². The van der Waals surface area contributed by atoms with E-state index in [1.54, 1.807) is 20.8 Å². The van der Waals surface area contributed by atoms with Crippen molar-refractivity contribution < 1.29 is 23.8 Å². The van der Waals surface area contributed by atoms with Gasteiger partial charge in [0.1, 0.15) is 18.8 Å². The molecule has 0 saturated carbocycles. The zero-order valence-electron chi connectivity index (χ0n) is 9.24. The van der Waals surface area contributed by atoms with Crippen molar-refractivity contribution in [2.75, 3.05) is 13.2 Å². The van der Waals surface area contributed by atoms with E-state index in [0.717, 1.165) is 6.08 Å². The maximum Gasteiger partial charge on any atom is 0.508 e. The fourth-order valence-electron chi connectivity index (χ4n) is 0.606. The lowest BCUT2D eigenvalue weighted by Crippen LogP contribution is -2.25. The summed E-state index contributed by atoms with van der Waals surface area (Å²) < 4.78 is 14.1. The van der Waals surface area contributed by atoms with Crippen molar-refractivity contribution in [1.82, 2.24) is 0 Å². The molecule has 0 atom stereocenters. The molecule has 0 heterocycles. The maximum atomic E-state index is 11.0. The molecular weight excluding hydrogens is 200 g/mol. The summed E-state index contributed by atoms with van der Waals surface area (Å²) in [7, 11) is 0. The zero-order chi connectivity index (χ0) is 11.9. The van der Waals surface area contributed by atoms with Crippen LogP contribution in [0.5, 0.6) is 0 Å². The van der Waals surface area contributed by atoms with E-state index in [2.05, 4.69) is 16.1 Å². The van der Waals surface area contributed by atoms with E-state index in [-0.39, 0.29) is 13.2 Å². The molecule has 0 aliphatic rings. The topological polar surface area (TPSA) is 61.8 Å². The highest BCUT2D eigenvalue weighted by Crippen LogP contribution is 2.07. The summed E-state index contributed by atoms with van der Waals surface area (Å²) in [5, 5.41) is 0. The molecule has 0 N–H and O–H groups in total. The molecular formula is C10H16O5. The van der Waals surface area contributed by atoms with E-state index >= 15 is 0 Å². The number of carbonyl (C=O) groups excluding carboxylic acids is 2. The molecule has 5 nitrogen and oxygen atoms in total. The fourth-order valence-corrected chi connectivity index (χ4v) is 0.606. The predicted octanol–water partition coefficient (Wildman–Crippen LogP) is 1.67. The molecule has 0 amide bonds. The molecule has 0 unspecified atom stereocenters. The van der Waals surface area contributed by atoms with Gasteiger partial charge in [0.2, 0.25) is 0 Å². The van der Waals surface area contributed by atoms with E-state index in [9.17, 15) is 9.59 Å². The first kappa shape index (κ1) is 13.5. The minimum absolute atomic E-state index is 0.00983.